The van der Waals surface area contributed by atoms with Crippen LogP contribution in [0.3, 0.4) is 0 Å². The summed E-state index contributed by atoms with van der Waals surface area (Å²) < 4.78 is 10.9. The zero-order valence-electron chi connectivity index (χ0n) is 22.8. The lowest BCUT2D eigenvalue weighted by Gasteiger charge is -2.26. The van der Waals surface area contributed by atoms with Crippen LogP contribution in [0.4, 0.5) is 5.69 Å². The summed E-state index contributed by atoms with van der Waals surface area (Å²) in [6.07, 6.45) is -0.130. The third-order valence-corrected chi connectivity index (χ3v) is 6.23. The summed E-state index contributed by atoms with van der Waals surface area (Å²) in [5.41, 5.74) is 3.25. The van der Waals surface area contributed by atoms with E-state index in [9.17, 15) is 19.5 Å². The molecule has 1 saturated heterocycles. The Morgan fingerprint density at radius 2 is 1.59 bits per heavy atom. The zero-order valence-corrected chi connectivity index (χ0v) is 22.8. The van der Waals surface area contributed by atoms with Gasteiger partial charge in [-0.05, 0) is 82.1 Å². The molecule has 0 aromatic heterocycles. The van der Waals surface area contributed by atoms with Crippen molar-refractivity contribution in [3.8, 4) is 5.75 Å². The predicted octanol–water partition coefficient (Wildman–Crippen LogP) is 5.90. The Hall–Kier alpha value is -4.39. The van der Waals surface area contributed by atoms with Gasteiger partial charge >= 0.3 is 5.97 Å². The molecule has 1 unspecified atom stereocenters. The number of carbonyl (C=O) groups is 3. The molecule has 0 bridgehead atoms. The van der Waals surface area contributed by atoms with Gasteiger partial charge in [-0.2, -0.15) is 0 Å². The predicted molar refractivity (Wildman–Crippen MR) is 150 cm³/mol. The molecule has 1 atom stereocenters. The first-order valence-corrected chi connectivity index (χ1v) is 13.0. The maximum Gasteiger partial charge on any atom is 0.310 e. The van der Waals surface area contributed by atoms with Crippen LogP contribution in [0.1, 0.15) is 56.0 Å². The van der Waals surface area contributed by atoms with E-state index in [4.69, 9.17) is 9.47 Å². The fraction of sp³-hybridized carbons (Fsp3) is 0.281. The first-order chi connectivity index (χ1) is 18.5. The van der Waals surface area contributed by atoms with E-state index in [1.807, 2.05) is 45.0 Å². The Bertz CT molecular complexity index is 1400. The minimum atomic E-state index is -0.840. The largest absolute Gasteiger partial charge is 0.507 e. The fourth-order valence-corrected chi connectivity index (χ4v) is 4.62. The number of benzene rings is 3. The van der Waals surface area contributed by atoms with Gasteiger partial charge < -0.3 is 14.6 Å². The van der Waals surface area contributed by atoms with Crippen LogP contribution in [-0.4, -0.2) is 35.0 Å². The number of carbonyl (C=O) groups excluding carboxylic acids is 3. The summed E-state index contributed by atoms with van der Waals surface area (Å²) in [7, 11) is 0. The van der Waals surface area contributed by atoms with Crippen molar-refractivity contribution < 1.29 is 29.0 Å². The van der Waals surface area contributed by atoms with Crippen LogP contribution in [0.5, 0.6) is 5.75 Å². The first kappa shape index (κ1) is 27.6. The fourth-order valence-electron chi connectivity index (χ4n) is 4.62. The summed E-state index contributed by atoms with van der Waals surface area (Å²) >= 11 is 0. The molecule has 202 valence electrons. The highest BCUT2D eigenvalue weighted by Gasteiger charge is 2.47. The van der Waals surface area contributed by atoms with Crippen molar-refractivity contribution in [1.82, 2.24) is 0 Å². The molecule has 1 amide bonds. The molecule has 0 radical (unpaired) electrons. The summed E-state index contributed by atoms with van der Waals surface area (Å²) in [5.74, 6) is -1.48. The molecule has 3 aromatic rings. The van der Waals surface area contributed by atoms with Gasteiger partial charge in [-0.15, -0.1) is 0 Å². The van der Waals surface area contributed by atoms with E-state index in [0.717, 1.165) is 11.1 Å². The molecule has 1 N–H and O–H groups in total. The maximum atomic E-state index is 13.4. The normalized spacial score (nSPS) is 16.7. The number of esters is 1. The molecule has 1 heterocycles. The average Bonchev–Trinajstić information content (AvgIpc) is 3.14. The van der Waals surface area contributed by atoms with Crippen LogP contribution >= 0.6 is 0 Å². The second-order valence-electron chi connectivity index (χ2n) is 10.2. The molecule has 7 nitrogen and oxygen atoms in total. The Morgan fingerprint density at radius 1 is 0.923 bits per heavy atom. The van der Waals surface area contributed by atoms with Crippen LogP contribution in [0.2, 0.25) is 0 Å². The topological polar surface area (TPSA) is 93.1 Å². The zero-order chi connectivity index (χ0) is 28.3. The average molecular weight is 528 g/mol. The third-order valence-electron chi connectivity index (χ3n) is 6.23. The number of amides is 1. The molecule has 1 aliphatic rings. The standard InChI is InChI=1S/C32H33NO6/c1-19(2)38-26-15-11-23(12-16-26)30(35)28-29(24-8-6-7-21(5)17-24)33(32(37)31(28)36)25-13-9-22(10-14-25)18-27(34)39-20(3)4/h6-17,19-20,29,35H,18H2,1-5H3/b30-28-. The van der Waals surface area contributed by atoms with E-state index in [-0.39, 0.29) is 35.9 Å². The van der Waals surface area contributed by atoms with Crippen LogP contribution < -0.4 is 9.64 Å². The van der Waals surface area contributed by atoms with Crippen LogP contribution in [0.25, 0.3) is 5.76 Å². The number of aryl methyl sites for hydroxylation is 1. The van der Waals surface area contributed by atoms with Gasteiger partial charge in [-0.3, -0.25) is 19.3 Å². The van der Waals surface area contributed by atoms with Crippen molar-refractivity contribution in [2.45, 2.75) is 59.3 Å². The van der Waals surface area contributed by atoms with Crippen LogP contribution in [-0.2, 0) is 25.5 Å². The van der Waals surface area contributed by atoms with Crippen LogP contribution in [0.15, 0.2) is 78.4 Å². The van der Waals surface area contributed by atoms with Crippen molar-refractivity contribution in [3.05, 3.63) is 101 Å². The molecule has 1 fully saturated rings. The molecular weight excluding hydrogens is 494 g/mol. The lowest BCUT2D eigenvalue weighted by Crippen LogP contribution is -2.29. The van der Waals surface area contributed by atoms with E-state index in [2.05, 4.69) is 0 Å². The number of nitrogens with zero attached hydrogens (tertiary/aromatic N) is 1. The summed E-state index contributed by atoms with van der Waals surface area (Å²) in [4.78, 5) is 40.3. The Morgan fingerprint density at radius 3 is 2.18 bits per heavy atom. The minimum absolute atomic E-state index is 0.00714. The Kier molecular flexibility index (Phi) is 8.19. The number of aliphatic hydroxyl groups is 1. The number of hydrogen-bond acceptors (Lipinski definition) is 6. The highest BCUT2D eigenvalue weighted by molar-refractivity contribution is 6.51. The number of aliphatic hydroxyl groups excluding tert-OH is 1. The van der Waals surface area contributed by atoms with E-state index in [1.54, 1.807) is 62.4 Å². The smallest absolute Gasteiger partial charge is 0.310 e. The number of Topliss-reactive ketones (excluding diaryl/α,β-unsaturated/α-hetero) is 1. The lowest BCUT2D eigenvalue weighted by atomic mass is 9.94. The highest BCUT2D eigenvalue weighted by atomic mass is 16.5. The van der Waals surface area contributed by atoms with E-state index in [0.29, 0.717) is 22.6 Å². The molecule has 0 spiro atoms. The molecule has 3 aromatic carbocycles. The molecule has 4 rings (SSSR count). The molecule has 1 aliphatic heterocycles. The third kappa shape index (κ3) is 6.20. The highest BCUT2D eigenvalue weighted by Crippen LogP contribution is 2.42. The Balaban J connectivity index is 1.76. The van der Waals surface area contributed by atoms with Gasteiger partial charge in [0.2, 0.25) is 0 Å². The van der Waals surface area contributed by atoms with Crippen LogP contribution in [0, 0.1) is 6.92 Å². The summed E-state index contributed by atoms with van der Waals surface area (Å²) in [5, 5.41) is 11.3. The number of ketones is 1. The molecule has 0 aliphatic carbocycles. The van der Waals surface area contributed by atoms with Gasteiger partial charge in [0.05, 0.1) is 30.2 Å². The van der Waals surface area contributed by atoms with Crippen molar-refractivity contribution in [2.75, 3.05) is 4.90 Å². The quantitative estimate of drug-likeness (QED) is 0.170. The Labute approximate surface area is 228 Å². The lowest BCUT2D eigenvalue weighted by molar-refractivity contribution is -0.146. The maximum absolute atomic E-state index is 13.4. The van der Waals surface area contributed by atoms with Crippen molar-refractivity contribution in [2.24, 2.45) is 0 Å². The van der Waals surface area contributed by atoms with Gasteiger partial charge in [0, 0.05) is 11.3 Å². The van der Waals surface area contributed by atoms with Gasteiger partial charge in [0.15, 0.2) is 0 Å². The molecule has 7 heteroatoms. The van der Waals surface area contributed by atoms with Gasteiger partial charge in [-0.25, -0.2) is 0 Å². The number of anilines is 1. The second-order valence-corrected chi connectivity index (χ2v) is 10.2. The van der Waals surface area contributed by atoms with Crippen molar-refractivity contribution >= 4 is 29.1 Å². The van der Waals surface area contributed by atoms with Crippen molar-refractivity contribution in [3.63, 3.8) is 0 Å². The SMILES string of the molecule is Cc1cccc(C2/C(=C(/O)c3ccc(OC(C)C)cc3)C(=O)C(=O)N2c2ccc(CC(=O)OC(C)C)cc2)c1. The summed E-state index contributed by atoms with van der Waals surface area (Å²) in [6.45, 7) is 9.34. The van der Waals surface area contributed by atoms with E-state index in [1.165, 1.54) is 4.90 Å². The molecular formula is C32H33NO6. The van der Waals surface area contributed by atoms with E-state index < -0.39 is 17.7 Å². The number of rotatable bonds is 8. The molecule has 39 heavy (non-hydrogen) atoms. The monoisotopic (exact) mass is 527 g/mol. The first-order valence-electron chi connectivity index (χ1n) is 13.0. The van der Waals surface area contributed by atoms with Crippen molar-refractivity contribution in [1.29, 1.82) is 0 Å². The van der Waals surface area contributed by atoms with Gasteiger partial charge in [0.25, 0.3) is 11.7 Å². The number of ether oxygens (including phenoxy) is 2. The summed E-state index contributed by atoms with van der Waals surface area (Å²) in [6, 6.07) is 20.3. The number of hydrogen-bond donors (Lipinski definition) is 1. The molecule has 0 saturated carbocycles. The second kappa shape index (κ2) is 11.6. The minimum Gasteiger partial charge on any atom is -0.507 e. The van der Waals surface area contributed by atoms with Gasteiger partial charge in [0.1, 0.15) is 11.5 Å². The van der Waals surface area contributed by atoms with E-state index >= 15 is 0 Å². The van der Waals surface area contributed by atoms with Gasteiger partial charge in [-0.1, -0.05) is 42.0 Å².